The molecule has 2 heterocycles. The number of carbonyl (C=O) groups is 1. The van der Waals surface area contributed by atoms with Crippen LogP contribution in [0.3, 0.4) is 0 Å². The van der Waals surface area contributed by atoms with Gasteiger partial charge in [0.15, 0.2) is 11.5 Å². The maximum atomic E-state index is 12.6. The number of aryl methyl sites for hydroxylation is 2. The van der Waals surface area contributed by atoms with Gasteiger partial charge in [0.05, 0.1) is 11.4 Å². The van der Waals surface area contributed by atoms with Crippen molar-refractivity contribution < 1.29 is 4.79 Å². The molecule has 0 radical (unpaired) electrons. The van der Waals surface area contributed by atoms with Gasteiger partial charge in [0.25, 0.3) is 5.91 Å². The molecule has 0 saturated heterocycles. The summed E-state index contributed by atoms with van der Waals surface area (Å²) in [5.41, 5.74) is 6.43. The maximum absolute atomic E-state index is 12.6. The van der Waals surface area contributed by atoms with Crippen molar-refractivity contribution in [2.75, 3.05) is 5.32 Å². The molecule has 4 aromatic rings. The van der Waals surface area contributed by atoms with E-state index in [9.17, 15) is 4.79 Å². The van der Waals surface area contributed by atoms with E-state index in [0.29, 0.717) is 28.1 Å². The average Bonchev–Trinajstić information content (AvgIpc) is 3.36. The van der Waals surface area contributed by atoms with Gasteiger partial charge in [-0.25, -0.2) is 4.68 Å². The molecule has 0 aliphatic rings. The first-order valence-corrected chi connectivity index (χ1v) is 10.9. The Morgan fingerprint density at radius 1 is 1.03 bits per heavy atom. The first-order valence-electron chi connectivity index (χ1n) is 10.1. The predicted molar refractivity (Wildman–Crippen MR) is 123 cm³/mol. The van der Waals surface area contributed by atoms with Gasteiger partial charge in [-0.05, 0) is 67.6 Å². The van der Waals surface area contributed by atoms with E-state index in [0.717, 1.165) is 34.0 Å². The number of nitrogens with zero attached hydrogens (tertiary/aromatic N) is 5. The zero-order chi connectivity index (χ0) is 22.1. The lowest BCUT2D eigenvalue weighted by Gasteiger charge is -2.07. The third-order valence-corrected chi connectivity index (χ3v) is 5.96. The van der Waals surface area contributed by atoms with Crippen LogP contribution in [0, 0.1) is 20.8 Å². The Balaban J connectivity index is 1.54. The fourth-order valence-electron chi connectivity index (χ4n) is 3.20. The Bertz CT molecular complexity index is 1240. The lowest BCUT2D eigenvalue weighted by atomic mass is 10.0. The van der Waals surface area contributed by atoms with Crippen molar-refractivity contribution in [3.63, 3.8) is 0 Å². The largest absolute Gasteiger partial charge is 0.297 e. The minimum absolute atomic E-state index is 0.212. The predicted octanol–water partition coefficient (Wildman–Crippen LogP) is 5.09. The lowest BCUT2D eigenvalue weighted by Crippen LogP contribution is -2.12. The Morgan fingerprint density at radius 3 is 2.45 bits per heavy atom. The molecule has 0 aliphatic carbocycles. The molecular formula is C23H24N6OS. The van der Waals surface area contributed by atoms with Crippen LogP contribution in [-0.2, 0) is 0 Å². The van der Waals surface area contributed by atoms with Crippen molar-refractivity contribution in [3.05, 3.63) is 70.4 Å². The van der Waals surface area contributed by atoms with E-state index in [2.05, 4.69) is 51.0 Å². The molecular weight excluding hydrogens is 408 g/mol. The summed E-state index contributed by atoms with van der Waals surface area (Å²) >= 11 is 1.12. The summed E-state index contributed by atoms with van der Waals surface area (Å²) in [7, 11) is 0. The maximum Gasteiger partial charge on any atom is 0.257 e. The van der Waals surface area contributed by atoms with Gasteiger partial charge in [0, 0.05) is 17.1 Å². The molecule has 7 nitrogen and oxygen atoms in total. The fraction of sp³-hybridized carbons (Fsp3) is 0.261. The number of aromatic nitrogens is 5. The van der Waals surface area contributed by atoms with E-state index < -0.39 is 0 Å². The summed E-state index contributed by atoms with van der Waals surface area (Å²) in [5, 5.41) is 11.8. The van der Waals surface area contributed by atoms with Crippen LogP contribution in [0.5, 0.6) is 0 Å². The third-order valence-electron chi connectivity index (χ3n) is 5.33. The Morgan fingerprint density at radius 2 is 1.77 bits per heavy atom. The summed E-state index contributed by atoms with van der Waals surface area (Å²) in [6.45, 7) is 10.3. The molecule has 0 saturated carbocycles. The molecule has 2 aromatic carbocycles. The zero-order valence-electron chi connectivity index (χ0n) is 18.2. The Kier molecular flexibility index (Phi) is 5.65. The van der Waals surface area contributed by atoms with E-state index in [4.69, 9.17) is 0 Å². The number of carbonyl (C=O) groups excluding carboxylic acids is 1. The molecule has 8 heteroatoms. The van der Waals surface area contributed by atoms with Gasteiger partial charge in [-0.3, -0.25) is 10.1 Å². The summed E-state index contributed by atoms with van der Waals surface area (Å²) < 4.78 is 6.14. The number of hydrogen-bond donors (Lipinski definition) is 1. The van der Waals surface area contributed by atoms with E-state index in [1.54, 1.807) is 10.7 Å². The highest BCUT2D eigenvalue weighted by Crippen LogP contribution is 2.25. The van der Waals surface area contributed by atoms with Crippen LogP contribution in [0.25, 0.3) is 17.2 Å². The fourth-order valence-corrected chi connectivity index (χ4v) is 3.77. The molecule has 0 fully saturated rings. The second-order valence-electron chi connectivity index (χ2n) is 7.86. The second kappa shape index (κ2) is 8.39. The third kappa shape index (κ3) is 4.25. The molecule has 0 aliphatic heterocycles. The van der Waals surface area contributed by atoms with Crippen molar-refractivity contribution in [3.8, 4) is 17.2 Å². The van der Waals surface area contributed by atoms with Crippen LogP contribution in [0.4, 0.5) is 5.13 Å². The van der Waals surface area contributed by atoms with E-state index in [1.165, 1.54) is 5.56 Å². The standard InChI is InChI=1S/C23H24N6OS/c1-13(2)17-8-10-19(11-9-17)29-16(5)20(26-28-29)21-24-23(31-27-21)25-22(30)18-7-6-14(3)15(4)12-18/h6-13H,1-5H3,(H,24,25,27,30). The van der Waals surface area contributed by atoms with Gasteiger partial charge in [0.1, 0.15) is 0 Å². The molecule has 0 unspecified atom stereocenters. The molecule has 0 atom stereocenters. The van der Waals surface area contributed by atoms with Crippen LogP contribution < -0.4 is 5.32 Å². The van der Waals surface area contributed by atoms with E-state index in [-0.39, 0.29) is 5.91 Å². The topological polar surface area (TPSA) is 85.6 Å². The Hall–Kier alpha value is -3.39. The molecule has 158 valence electrons. The molecule has 4 rings (SSSR count). The highest BCUT2D eigenvalue weighted by atomic mass is 32.1. The smallest absolute Gasteiger partial charge is 0.257 e. The van der Waals surface area contributed by atoms with Crippen LogP contribution in [-0.4, -0.2) is 30.3 Å². The normalized spacial score (nSPS) is 11.2. The minimum Gasteiger partial charge on any atom is -0.297 e. The van der Waals surface area contributed by atoms with Crippen LogP contribution in [0.1, 0.15) is 52.5 Å². The van der Waals surface area contributed by atoms with E-state index >= 15 is 0 Å². The SMILES string of the molecule is Cc1ccc(C(=O)Nc2nc(-c3nnn(-c4ccc(C(C)C)cc4)c3C)ns2)cc1C. The molecule has 0 spiro atoms. The highest BCUT2D eigenvalue weighted by molar-refractivity contribution is 7.10. The number of rotatable bonds is 5. The number of amides is 1. The van der Waals surface area contributed by atoms with Crippen LogP contribution in [0.2, 0.25) is 0 Å². The van der Waals surface area contributed by atoms with Gasteiger partial charge in [-0.1, -0.05) is 37.3 Å². The number of anilines is 1. The van der Waals surface area contributed by atoms with Crippen molar-refractivity contribution in [1.82, 2.24) is 24.4 Å². The van der Waals surface area contributed by atoms with Crippen LogP contribution in [0.15, 0.2) is 42.5 Å². The quantitative estimate of drug-likeness (QED) is 0.475. The summed E-state index contributed by atoms with van der Waals surface area (Å²) in [6, 6.07) is 13.9. The monoisotopic (exact) mass is 432 g/mol. The van der Waals surface area contributed by atoms with Gasteiger partial charge in [-0.15, -0.1) is 5.10 Å². The van der Waals surface area contributed by atoms with Crippen molar-refractivity contribution >= 4 is 22.6 Å². The first kappa shape index (κ1) is 20.9. The first-order chi connectivity index (χ1) is 14.8. The lowest BCUT2D eigenvalue weighted by molar-refractivity contribution is 0.102. The number of benzene rings is 2. The minimum atomic E-state index is -0.212. The molecule has 1 N–H and O–H groups in total. The van der Waals surface area contributed by atoms with Gasteiger partial charge in [-0.2, -0.15) is 9.36 Å². The second-order valence-corrected chi connectivity index (χ2v) is 8.61. The van der Waals surface area contributed by atoms with Crippen molar-refractivity contribution in [2.24, 2.45) is 0 Å². The van der Waals surface area contributed by atoms with Crippen LogP contribution >= 0.6 is 11.5 Å². The zero-order valence-corrected chi connectivity index (χ0v) is 19.0. The highest BCUT2D eigenvalue weighted by Gasteiger charge is 2.18. The summed E-state index contributed by atoms with van der Waals surface area (Å²) in [4.78, 5) is 17.0. The van der Waals surface area contributed by atoms with Gasteiger partial charge in [0.2, 0.25) is 5.13 Å². The molecule has 1 amide bonds. The molecule has 31 heavy (non-hydrogen) atoms. The number of hydrogen-bond acceptors (Lipinski definition) is 6. The van der Waals surface area contributed by atoms with Crippen molar-refractivity contribution in [1.29, 1.82) is 0 Å². The van der Waals surface area contributed by atoms with Crippen molar-refractivity contribution in [2.45, 2.75) is 40.5 Å². The summed E-state index contributed by atoms with van der Waals surface area (Å²) in [5.74, 6) is 0.706. The average molecular weight is 433 g/mol. The molecule has 0 bridgehead atoms. The Labute approximate surface area is 185 Å². The van der Waals surface area contributed by atoms with Gasteiger partial charge < -0.3 is 0 Å². The number of nitrogens with one attached hydrogen (secondary N) is 1. The van der Waals surface area contributed by atoms with E-state index in [1.807, 2.05) is 45.0 Å². The summed E-state index contributed by atoms with van der Waals surface area (Å²) in [6.07, 6.45) is 0. The molecule has 2 aromatic heterocycles. The van der Waals surface area contributed by atoms with Gasteiger partial charge >= 0.3 is 0 Å².